The van der Waals surface area contributed by atoms with Crippen molar-refractivity contribution in [2.45, 2.75) is 65.1 Å². The molecule has 1 aromatic heterocycles. The molecular formula is C16H27N3O3. The van der Waals surface area contributed by atoms with Gasteiger partial charge in [-0.1, -0.05) is 0 Å². The molecule has 1 unspecified atom stereocenters. The van der Waals surface area contributed by atoms with E-state index in [2.05, 4.69) is 10.3 Å². The number of ether oxygens (including phenoxy) is 1. The quantitative estimate of drug-likeness (QED) is 0.926. The molecule has 1 aliphatic heterocycles. The average molecular weight is 309 g/mol. The molecule has 1 aromatic rings. The van der Waals surface area contributed by atoms with Crippen molar-refractivity contribution in [3.63, 3.8) is 0 Å². The standard InChI is InChI=1S/C16H27N3O3/c1-12-9-18-14(21-12)11-17-10-13-7-5-6-8-19(13)15(20)22-16(2,3)4/h9,13,17H,5-8,10-11H2,1-4H3. The predicted molar refractivity (Wildman–Crippen MR) is 83.5 cm³/mol. The summed E-state index contributed by atoms with van der Waals surface area (Å²) in [7, 11) is 0. The monoisotopic (exact) mass is 309 g/mol. The molecule has 1 N–H and O–H groups in total. The zero-order valence-corrected chi connectivity index (χ0v) is 14.0. The van der Waals surface area contributed by atoms with E-state index in [1.54, 1.807) is 6.20 Å². The smallest absolute Gasteiger partial charge is 0.410 e. The summed E-state index contributed by atoms with van der Waals surface area (Å²) in [4.78, 5) is 18.3. The second-order valence-electron chi connectivity index (χ2n) is 6.82. The minimum atomic E-state index is -0.456. The van der Waals surface area contributed by atoms with Gasteiger partial charge in [-0.05, 0) is 47.0 Å². The fraction of sp³-hybridized carbons (Fsp3) is 0.750. The van der Waals surface area contributed by atoms with Crippen molar-refractivity contribution in [2.75, 3.05) is 13.1 Å². The summed E-state index contributed by atoms with van der Waals surface area (Å²) in [6.45, 7) is 9.63. The molecule has 0 aliphatic carbocycles. The summed E-state index contributed by atoms with van der Waals surface area (Å²) in [5.41, 5.74) is -0.456. The van der Waals surface area contributed by atoms with Crippen LogP contribution in [0.2, 0.25) is 0 Å². The van der Waals surface area contributed by atoms with Gasteiger partial charge in [-0.25, -0.2) is 9.78 Å². The van der Waals surface area contributed by atoms with Crippen LogP contribution in [0.5, 0.6) is 0 Å². The highest BCUT2D eigenvalue weighted by molar-refractivity contribution is 5.68. The molecule has 0 radical (unpaired) electrons. The SMILES string of the molecule is Cc1cnc(CNCC2CCCCN2C(=O)OC(C)(C)C)o1. The van der Waals surface area contributed by atoms with Gasteiger partial charge in [0.1, 0.15) is 11.4 Å². The molecule has 0 saturated carbocycles. The van der Waals surface area contributed by atoms with Crippen LogP contribution in [0.1, 0.15) is 51.7 Å². The zero-order chi connectivity index (χ0) is 16.2. The van der Waals surface area contributed by atoms with Crippen LogP contribution in [0.15, 0.2) is 10.6 Å². The highest BCUT2D eigenvalue weighted by atomic mass is 16.6. The van der Waals surface area contributed by atoms with Crippen molar-refractivity contribution in [3.05, 3.63) is 17.8 Å². The molecule has 0 aromatic carbocycles. The largest absolute Gasteiger partial charge is 0.445 e. The van der Waals surface area contributed by atoms with Gasteiger partial charge in [0.05, 0.1) is 12.7 Å². The van der Waals surface area contributed by atoms with E-state index in [9.17, 15) is 4.79 Å². The third kappa shape index (κ3) is 5.02. The van der Waals surface area contributed by atoms with Gasteiger partial charge >= 0.3 is 6.09 Å². The van der Waals surface area contributed by atoms with E-state index in [1.807, 2.05) is 32.6 Å². The minimum absolute atomic E-state index is 0.166. The van der Waals surface area contributed by atoms with Gasteiger partial charge in [-0.3, -0.25) is 0 Å². The molecule has 1 saturated heterocycles. The molecule has 6 heteroatoms. The normalized spacial score (nSPS) is 19.3. The Kier molecular flexibility index (Phi) is 5.45. The van der Waals surface area contributed by atoms with Gasteiger partial charge in [0.25, 0.3) is 0 Å². The number of piperidine rings is 1. The molecular weight excluding hydrogens is 282 g/mol. The summed E-state index contributed by atoms with van der Waals surface area (Å²) in [6.07, 6.45) is 4.67. The van der Waals surface area contributed by atoms with Crippen LogP contribution >= 0.6 is 0 Å². The molecule has 2 rings (SSSR count). The number of oxazole rings is 1. The summed E-state index contributed by atoms with van der Waals surface area (Å²) in [5, 5.41) is 3.33. The van der Waals surface area contributed by atoms with Crippen molar-refractivity contribution >= 4 is 6.09 Å². The zero-order valence-electron chi connectivity index (χ0n) is 14.0. The number of likely N-dealkylation sites (tertiary alicyclic amines) is 1. The van der Waals surface area contributed by atoms with Crippen molar-refractivity contribution < 1.29 is 13.9 Å². The molecule has 6 nitrogen and oxygen atoms in total. The Morgan fingerprint density at radius 1 is 1.50 bits per heavy atom. The molecule has 22 heavy (non-hydrogen) atoms. The molecule has 1 aliphatic rings. The first-order chi connectivity index (χ1) is 10.3. The van der Waals surface area contributed by atoms with Gasteiger partial charge < -0.3 is 19.4 Å². The molecule has 124 valence electrons. The minimum Gasteiger partial charge on any atom is -0.445 e. The van der Waals surface area contributed by atoms with E-state index in [-0.39, 0.29) is 12.1 Å². The lowest BCUT2D eigenvalue weighted by atomic mass is 10.0. The molecule has 1 atom stereocenters. The maximum Gasteiger partial charge on any atom is 0.410 e. The number of carbonyl (C=O) groups excluding carboxylic acids is 1. The molecule has 0 bridgehead atoms. The van der Waals surface area contributed by atoms with E-state index < -0.39 is 5.60 Å². The van der Waals surface area contributed by atoms with Crippen LogP contribution in [0.25, 0.3) is 0 Å². The number of rotatable bonds is 4. The number of nitrogens with one attached hydrogen (secondary N) is 1. The average Bonchev–Trinajstić information content (AvgIpc) is 2.83. The number of carbonyl (C=O) groups is 1. The number of hydrogen-bond acceptors (Lipinski definition) is 5. The van der Waals surface area contributed by atoms with Gasteiger partial charge in [0.15, 0.2) is 0 Å². The van der Waals surface area contributed by atoms with E-state index in [0.717, 1.165) is 38.1 Å². The maximum atomic E-state index is 12.3. The maximum absolute atomic E-state index is 12.3. The van der Waals surface area contributed by atoms with Crippen molar-refractivity contribution in [2.24, 2.45) is 0 Å². The summed E-state index contributed by atoms with van der Waals surface area (Å²) in [6, 6.07) is 0.166. The van der Waals surface area contributed by atoms with E-state index in [1.165, 1.54) is 0 Å². The number of nitrogens with zero attached hydrogens (tertiary/aromatic N) is 2. The Bertz CT molecular complexity index is 493. The third-order valence-corrected chi connectivity index (χ3v) is 3.58. The molecule has 2 heterocycles. The Labute approximate surface area is 132 Å². The van der Waals surface area contributed by atoms with Crippen LogP contribution < -0.4 is 5.32 Å². The van der Waals surface area contributed by atoms with Gasteiger partial charge in [-0.2, -0.15) is 0 Å². The fourth-order valence-electron chi connectivity index (χ4n) is 2.60. The van der Waals surface area contributed by atoms with E-state index >= 15 is 0 Å². The first-order valence-electron chi connectivity index (χ1n) is 7.97. The molecule has 1 fully saturated rings. The molecule has 1 amide bonds. The number of amides is 1. The van der Waals surface area contributed by atoms with Crippen molar-refractivity contribution in [1.82, 2.24) is 15.2 Å². The Morgan fingerprint density at radius 3 is 2.91 bits per heavy atom. The van der Waals surface area contributed by atoms with E-state index in [4.69, 9.17) is 9.15 Å². The third-order valence-electron chi connectivity index (χ3n) is 3.58. The number of aryl methyl sites for hydroxylation is 1. The topological polar surface area (TPSA) is 67.6 Å². The summed E-state index contributed by atoms with van der Waals surface area (Å²) < 4.78 is 10.9. The summed E-state index contributed by atoms with van der Waals surface area (Å²) >= 11 is 0. The Morgan fingerprint density at radius 2 is 2.27 bits per heavy atom. The Balaban J connectivity index is 1.85. The lowest BCUT2D eigenvalue weighted by Crippen LogP contribution is -2.50. The second-order valence-corrected chi connectivity index (χ2v) is 6.82. The van der Waals surface area contributed by atoms with Crippen molar-refractivity contribution in [3.8, 4) is 0 Å². The number of hydrogen-bond donors (Lipinski definition) is 1. The van der Waals surface area contributed by atoms with Crippen LogP contribution in [0.4, 0.5) is 4.79 Å². The van der Waals surface area contributed by atoms with Crippen LogP contribution in [-0.4, -0.2) is 40.7 Å². The first-order valence-corrected chi connectivity index (χ1v) is 7.97. The number of aromatic nitrogens is 1. The molecule has 0 spiro atoms. The van der Waals surface area contributed by atoms with Crippen LogP contribution in [0, 0.1) is 6.92 Å². The Hall–Kier alpha value is -1.56. The van der Waals surface area contributed by atoms with Crippen LogP contribution in [0.3, 0.4) is 0 Å². The highest BCUT2D eigenvalue weighted by Gasteiger charge is 2.30. The second kappa shape index (κ2) is 7.13. The van der Waals surface area contributed by atoms with E-state index in [0.29, 0.717) is 12.4 Å². The van der Waals surface area contributed by atoms with Crippen molar-refractivity contribution in [1.29, 1.82) is 0 Å². The fourth-order valence-corrected chi connectivity index (χ4v) is 2.60. The highest BCUT2D eigenvalue weighted by Crippen LogP contribution is 2.20. The summed E-state index contributed by atoms with van der Waals surface area (Å²) in [5.74, 6) is 1.49. The van der Waals surface area contributed by atoms with Gasteiger partial charge in [0, 0.05) is 19.1 Å². The lowest BCUT2D eigenvalue weighted by Gasteiger charge is -2.36. The van der Waals surface area contributed by atoms with Gasteiger partial charge in [-0.15, -0.1) is 0 Å². The van der Waals surface area contributed by atoms with Gasteiger partial charge in [0.2, 0.25) is 5.89 Å². The lowest BCUT2D eigenvalue weighted by molar-refractivity contribution is 0.00990. The predicted octanol–water partition coefficient (Wildman–Crippen LogP) is 2.86. The first kappa shape index (κ1) is 16.8. The van der Waals surface area contributed by atoms with Crippen LogP contribution in [-0.2, 0) is 11.3 Å².